The maximum absolute atomic E-state index is 12.8. The van der Waals surface area contributed by atoms with Gasteiger partial charge in [0.2, 0.25) is 0 Å². The van der Waals surface area contributed by atoms with Gasteiger partial charge in [-0.3, -0.25) is 0 Å². The molecule has 0 bridgehead atoms. The Labute approximate surface area is 157 Å². The van der Waals surface area contributed by atoms with E-state index in [0.717, 1.165) is 18.8 Å². The van der Waals surface area contributed by atoms with Crippen LogP contribution < -0.4 is 15.0 Å². The van der Waals surface area contributed by atoms with E-state index in [4.69, 9.17) is 16.3 Å². The molecule has 7 heteroatoms. The zero-order valence-electron chi connectivity index (χ0n) is 14.3. The highest BCUT2D eigenvalue weighted by atomic mass is 35.5. The summed E-state index contributed by atoms with van der Waals surface area (Å²) in [5.74, 6) is 0.276. The van der Waals surface area contributed by atoms with E-state index in [2.05, 4.69) is 10.2 Å². The first-order valence-electron chi connectivity index (χ1n) is 8.53. The number of amides is 2. The highest BCUT2D eigenvalue weighted by Gasteiger charge is 2.21. The number of halogens is 2. The molecule has 1 heterocycles. The SMILES string of the molecule is O=C(NCCOc1ccc(F)cc1)N1CCN(c2cccc(Cl)c2)CC1. The maximum atomic E-state index is 12.8. The Morgan fingerprint density at radius 2 is 1.85 bits per heavy atom. The molecule has 5 nitrogen and oxygen atoms in total. The van der Waals surface area contributed by atoms with Crippen molar-refractivity contribution in [3.05, 3.63) is 59.4 Å². The second kappa shape index (κ2) is 8.76. The summed E-state index contributed by atoms with van der Waals surface area (Å²) >= 11 is 6.03. The maximum Gasteiger partial charge on any atom is 0.317 e. The van der Waals surface area contributed by atoms with Crippen LogP contribution in [-0.2, 0) is 0 Å². The van der Waals surface area contributed by atoms with Crippen LogP contribution in [0.25, 0.3) is 0 Å². The first-order chi connectivity index (χ1) is 12.6. The summed E-state index contributed by atoms with van der Waals surface area (Å²) in [6, 6.07) is 13.4. The zero-order chi connectivity index (χ0) is 18.4. The van der Waals surface area contributed by atoms with E-state index in [1.165, 1.54) is 12.1 Å². The van der Waals surface area contributed by atoms with Gasteiger partial charge in [0.15, 0.2) is 0 Å². The molecule has 2 aromatic carbocycles. The number of rotatable bonds is 5. The van der Waals surface area contributed by atoms with Crippen molar-refractivity contribution in [1.82, 2.24) is 10.2 Å². The summed E-state index contributed by atoms with van der Waals surface area (Å²) in [5.41, 5.74) is 1.07. The number of benzene rings is 2. The van der Waals surface area contributed by atoms with E-state index in [9.17, 15) is 9.18 Å². The molecule has 1 aliphatic rings. The average Bonchev–Trinajstić information content (AvgIpc) is 2.66. The summed E-state index contributed by atoms with van der Waals surface area (Å²) in [4.78, 5) is 16.2. The Balaban J connectivity index is 1.37. The molecule has 2 amide bonds. The first kappa shape index (κ1) is 18.3. The summed E-state index contributed by atoms with van der Waals surface area (Å²) in [5, 5.41) is 3.56. The molecule has 0 aliphatic carbocycles. The van der Waals surface area contributed by atoms with E-state index in [1.807, 2.05) is 24.3 Å². The number of nitrogens with zero attached hydrogens (tertiary/aromatic N) is 2. The molecule has 0 spiro atoms. The van der Waals surface area contributed by atoms with E-state index >= 15 is 0 Å². The molecule has 3 rings (SSSR count). The van der Waals surface area contributed by atoms with E-state index in [0.29, 0.717) is 37.0 Å². The van der Waals surface area contributed by atoms with Gasteiger partial charge < -0.3 is 19.9 Å². The summed E-state index contributed by atoms with van der Waals surface area (Å²) in [6.07, 6.45) is 0. The minimum absolute atomic E-state index is 0.0987. The molecule has 26 heavy (non-hydrogen) atoms. The third-order valence-electron chi connectivity index (χ3n) is 4.20. The summed E-state index contributed by atoms with van der Waals surface area (Å²) in [7, 11) is 0. The second-order valence-electron chi connectivity index (χ2n) is 5.99. The van der Waals surface area contributed by atoms with E-state index in [1.54, 1.807) is 17.0 Å². The van der Waals surface area contributed by atoms with Gasteiger partial charge in [-0.25, -0.2) is 9.18 Å². The molecule has 0 saturated carbocycles. The first-order valence-corrected chi connectivity index (χ1v) is 8.91. The molecule has 1 fully saturated rings. The van der Waals surface area contributed by atoms with Gasteiger partial charge in [-0.1, -0.05) is 17.7 Å². The van der Waals surface area contributed by atoms with E-state index in [-0.39, 0.29) is 11.8 Å². The van der Waals surface area contributed by atoms with Crippen LogP contribution in [0.3, 0.4) is 0 Å². The monoisotopic (exact) mass is 377 g/mol. The Morgan fingerprint density at radius 1 is 1.12 bits per heavy atom. The molecule has 0 radical (unpaired) electrons. The third kappa shape index (κ3) is 5.02. The molecule has 2 aromatic rings. The van der Waals surface area contributed by atoms with Crippen LogP contribution in [0.2, 0.25) is 5.02 Å². The van der Waals surface area contributed by atoms with Gasteiger partial charge in [-0.2, -0.15) is 0 Å². The van der Waals surface area contributed by atoms with Gasteiger partial charge in [0.05, 0.1) is 6.54 Å². The van der Waals surface area contributed by atoms with Gasteiger partial charge in [-0.15, -0.1) is 0 Å². The minimum Gasteiger partial charge on any atom is -0.492 e. The Morgan fingerprint density at radius 3 is 2.54 bits per heavy atom. The lowest BCUT2D eigenvalue weighted by Crippen LogP contribution is -2.52. The fraction of sp³-hybridized carbons (Fsp3) is 0.316. The van der Waals surface area contributed by atoms with E-state index < -0.39 is 0 Å². The largest absolute Gasteiger partial charge is 0.492 e. The average molecular weight is 378 g/mol. The lowest BCUT2D eigenvalue weighted by Gasteiger charge is -2.36. The smallest absolute Gasteiger partial charge is 0.317 e. The lowest BCUT2D eigenvalue weighted by molar-refractivity contribution is 0.191. The topological polar surface area (TPSA) is 44.8 Å². The van der Waals surface area contributed by atoms with Gasteiger partial charge in [0.1, 0.15) is 18.2 Å². The van der Waals surface area contributed by atoms with Crippen molar-refractivity contribution >= 4 is 23.3 Å². The van der Waals surface area contributed by atoms with Crippen molar-refractivity contribution in [2.75, 3.05) is 44.2 Å². The number of carbonyl (C=O) groups is 1. The van der Waals surface area contributed by atoms with Gasteiger partial charge >= 0.3 is 6.03 Å². The second-order valence-corrected chi connectivity index (χ2v) is 6.42. The number of ether oxygens (including phenoxy) is 1. The molecule has 1 N–H and O–H groups in total. The molecular formula is C19H21ClFN3O2. The molecule has 0 atom stereocenters. The molecule has 1 saturated heterocycles. The standard InChI is InChI=1S/C19H21ClFN3O2/c20-15-2-1-3-17(14-15)23-9-11-24(12-10-23)19(25)22-8-13-26-18-6-4-16(21)5-7-18/h1-7,14H,8-13H2,(H,22,25). The Hall–Kier alpha value is -2.47. The molecule has 0 unspecified atom stereocenters. The van der Waals surface area contributed by atoms with Crippen molar-refractivity contribution < 1.29 is 13.9 Å². The normalized spacial score (nSPS) is 14.2. The molecular weight excluding hydrogens is 357 g/mol. The fourth-order valence-electron chi connectivity index (χ4n) is 2.81. The third-order valence-corrected chi connectivity index (χ3v) is 4.44. The number of anilines is 1. The van der Waals surface area contributed by atoms with Crippen LogP contribution in [0, 0.1) is 5.82 Å². The highest BCUT2D eigenvalue weighted by molar-refractivity contribution is 6.30. The minimum atomic E-state index is -0.303. The van der Waals surface area contributed by atoms with Crippen molar-refractivity contribution in [3.63, 3.8) is 0 Å². The van der Waals surface area contributed by atoms with Crippen molar-refractivity contribution in [3.8, 4) is 5.75 Å². The summed E-state index contributed by atoms with van der Waals surface area (Å²) < 4.78 is 18.3. The van der Waals surface area contributed by atoms with Gasteiger partial charge in [0.25, 0.3) is 0 Å². The Bertz CT molecular complexity index is 734. The molecule has 0 aromatic heterocycles. The number of urea groups is 1. The van der Waals surface area contributed by atoms with Crippen LogP contribution in [0.4, 0.5) is 14.9 Å². The van der Waals surface area contributed by atoms with Gasteiger partial charge in [0, 0.05) is 36.9 Å². The quantitative estimate of drug-likeness (QED) is 0.812. The number of carbonyl (C=O) groups excluding carboxylic acids is 1. The number of piperazine rings is 1. The predicted octanol–water partition coefficient (Wildman–Crippen LogP) is 3.39. The highest BCUT2D eigenvalue weighted by Crippen LogP contribution is 2.20. The number of nitrogens with one attached hydrogen (secondary N) is 1. The lowest BCUT2D eigenvalue weighted by atomic mass is 10.2. The van der Waals surface area contributed by atoms with Crippen LogP contribution in [0.15, 0.2) is 48.5 Å². The van der Waals surface area contributed by atoms with Gasteiger partial charge in [-0.05, 0) is 42.5 Å². The predicted molar refractivity (Wildman–Crippen MR) is 101 cm³/mol. The van der Waals surface area contributed by atoms with Crippen molar-refractivity contribution in [1.29, 1.82) is 0 Å². The fourth-order valence-corrected chi connectivity index (χ4v) is 2.99. The van der Waals surface area contributed by atoms with Crippen molar-refractivity contribution in [2.24, 2.45) is 0 Å². The zero-order valence-corrected chi connectivity index (χ0v) is 15.1. The van der Waals surface area contributed by atoms with Crippen LogP contribution >= 0.6 is 11.6 Å². The van der Waals surface area contributed by atoms with Crippen LogP contribution in [0.1, 0.15) is 0 Å². The number of hydrogen-bond acceptors (Lipinski definition) is 3. The van der Waals surface area contributed by atoms with Crippen LogP contribution in [0.5, 0.6) is 5.75 Å². The summed E-state index contributed by atoms with van der Waals surface area (Å²) in [6.45, 7) is 3.55. The van der Waals surface area contributed by atoms with Crippen molar-refractivity contribution in [2.45, 2.75) is 0 Å². The van der Waals surface area contributed by atoms with Crippen LogP contribution in [-0.4, -0.2) is 50.3 Å². The Kier molecular flexibility index (Phi) is 6.17. The molecule has 1 aliphatic heterocycles. The number of hydrogen-bond donors (Lipinski definition) is 1. The molecule has 138 valence electrons.